The van der Waals surface area contributed by atoms with Gasteiger partial charge >= 0.3 is 5.97 Å². The van der Waals surface area contributed by atoms with E-state index in [0.717, 1.165) is 17.8 Å². The summed E-state index contributed by atoms with van der Waals surface area (Å²) in [6.07, 6.45) is 1.36. The molecule has 0 radical (unpaired) electrons. The van der Waals surface area contributed by atoms with Crippen LogP contribution in [-0.4, -0.2) is 32.6 Å². The minimum Gasteiger partial charge on any atom is -0.481 e. The van der Waals surface area contributed by atoms with Gasteiger partial charge in [-0.1, -0.05) is 41.7 Å². The van der Waals surface area contributed by atoms with Gasteiger partial charge in [-0.05, 0) is 44.0 Å². The fourth-order valence-corrected chi connectivity index (χ4v) is 4.51. The summed E-state index contributed by atoms with van der Waals surface area (Å²) < 4.78 is 12.3. The number of para-hydroxylation sites is 2. The molecular weight excluding hydrogens is 468 g/mol. The number of carbonyl (C=O) groups is 2. The normalized spacial score (nSPS) is 13.9. The van der Waals surface area contributed by atoms with Crippen LogP contribution in [0, 0.1) is 0 Å². The minimum atomic E-state index is -0.787. The van der Waals surface area contributed by atoms with Gasteiger partial charge in [-0.25, -0.2) is 9.78 Å². The molecule has 0 saturated heterocycles. The zero-order valence-corrected chi connectivity index (χ0v) is 19.7. The second-order valence-electron chi connectivity index (χ2n) is 8.18. The number of aromatic nitrogens is 3. The molecule has 10 heteroatoms. The number of nitrogens with zero attached hydrogens (tertiary/aromatic N) is 3. The van der Waals surface area contributed by atoms with E-state index in [1.165, 1.54) is 21.9 Å². The highest BCUT2D eigenvalue weighted by molar-refractivity contribution is 7.16. The third-order valence-corrected chi connectivity index (χ3v) is 6.49. The lowest BCUT2D eigenvalue weighted by Gasteiger charge is -2.16. The molecular formula is C25H22N4O5S. The Morgan fingerprint density at radius 2 is 1.89 bits per heavy atom. The second kappa shape index (κ2) is 9.67. The van der Waals surface area contributed by atoms with Gasteiger partial charge in [0.25, 0.3) is 11.5 Å². The van der Waals surface area contributed by atoms with Gasteiger partial charge in [0.15, 0.2) is 6.10 Å². The van der Waals surface area contributed by atoms with Crippen molar-refractivity contribution in [3.63, 3.8) is 0 Å². The molecule has 0 spiro atoms. The number of nitrogens with one attached hydrogen (secondary N) is 1. The second-order valence-corrected chi connectivity index (χ2v) is 9.17. The van der Waals surface area contributed by atoms with E-state index in [1.807, 2.05) is 18.2 Å². The van der Waals surface area contributed by atoms with Crippen LogP contribution < -0.4 is 15.6 Å². The summed E-state index contributed by atoms with van der Waals surface area (Å²) >= 11 is 1.38. The van der Waals surface area contributed by atoms with Gasteiger partial charge in [0.2, 0.25) is 4.96 Å². The van der Waals surface area contributed by atoms with E-state index in [2.05, 4.69) is 15.4 Å². The first-order valence-electron chi connectivity index (χ1n) is 11.2. The first-order valence-corrected chi connectivity index (χ1v) is 12.0. The van der Waals surface area contributed by atoms with Crippen LogP contribution in [-0.2, 0) is 16.1 Å². The molecule has 1 fully saturated rings. The summed E-state index contributed by atoms with van der Waals surface area (Å²) in [6, 6.07) is 16.8. The topological polar surface area (TPSA) is 112 Å². The average Bonchev–Trinajstić information content (AvgIpc) is 3.62. The zero-order chi connectivity index (χ0) is 24.4. The molecule has 35 heavy (non-hydrogen) atoms. The highest BCUT2D eigenvalue weighted by Crippen LogP contribution is 2.41. The molecule has 178 valence electrons. The molecule has 5 rings (SSSR count). The lowest BCUT2D eigenvalue weighted by atomic mass is 10.1. The summed E-state index contributed by atoms with van der Waals surface area (Å²) in [7, 11) is 0. The van der Waals surface area contributed by atoms with E-state index in [-0.39, 0.29) is 17.7 Å². The molecule has 0 unspecified atom stereocenters. The Bertz CT molecular complexity index is 1450. The van der Waals surface area contributed by atoms with Crippen molar-refractivity contribution in [3.05, 3.63) is 87.3 Å². The maximum atomic E-state index is 12.8. The summed E-state index contributed by atoms with van der Waals surface area (Å²) in [5.74, 6) is -0.0864. The lowest BCUT2D eigenvalue weighted by Crippen LogP contribution is -2.30. The van der Waals surface area contributed by atoms with E-state index in [0.29, 0.717) is 28.0 Å². The fourth-order valence-electron chi connectivity index (χ4n) is 3.42. The Morgan fingerprint density at radius 3 is 2.66 bits per heavy atom. The number of amides is 1. The third-order valence-electron chi connectivity index (χ3n) is 5.42. The zero-order valence-electron chi connectivity index (χ0n) is 18.8. The summed E-state index contributed by atoms with van der Waals surface area (Å²) in [4.78, 5) is 42.8. The molecule has 2 aromatic carbocycles. The van der Waals surface area contributed by atoms with Gasteiger partial charge in [0.1, 0.15) is 17.4 Å². The summed E-state index contributed by atoms with van der Waals surface area (Å²) in [5.41, 5.74) is 0.496. The molecule has 1 aliphatic carbocycles. The van der Waals surface area contributed by atoms with E-state index in [1.54, 1.807) is 43.3 Å². The molecule has 2 aromatic heterocycles. The lowest BCUT2D eigenvalue weighted by molar-refractivity contribution is -0.122. The van der Waals surface area contributed by atoms with E-state index in [9.17, 15) is 14.4 Å². The summed E-state index contributed by atoms with van der Waals surface area (Å²) in [6.45, 7) is 1.44. The van der Waals surface area contributed by atoms with Crippen molar-refractivity contribution in [1.29, 1.82) is 0 Å². The van der Waals surface area contributed by atoms with Crippen LogP contribution in [0.3, 0.4) is 0 Å². The van der Waals surface area contributed by atoms with Crippen LogP contribution in [0.2, 0.25) is 0 Å². The maximum Gasteiger partial charge on any atom is 0.340 e. The predicted molar refractivity (Wildman–Crippen MR) is 130 cm³/mol. The SMILES string of the molecule is C[C@@H](Oc1ccccc1)C(=O)Nc1ccccc1C(=O)OCc1cc(=O)n2nc(C3CC3)sc2n1. The number of fused-ring (bicyclic) bond motifs is 1. The molecule has 1 aliphatic rings. The number of anilines is 1. The van der Waals surface area contributed by atoms with E-state index < -0.39 is 18.0 Å². The van der Waals surface area contributed by atoms with Crippen LogP contribution in [0.4, 0.5) is 5.69 Å². The number of rotatable bonds is 8. The highest BCUT2D eigenvalue weighted by atomic mass is 32.1. The molecule has 1 N–H and O–H groups in total. The van der Waals surface area contributed by atoms with Crippen molar-refractivity contribution >= 4 is 33.9 Å². The average molecular weight is 491 g/mol. The Morgan fingerprint density at radius 1 is 1.14 bits per heavy atom. The Kier molecular flexibility index (Phi) is 6.28. The molecule has 2 heterocycles. The van der Waals surface area contributed by atoms with Crippen LogP contribution in [0.1, 0.15) is 46.7 Å². The summed E-state index contributed by atoms with van der Waals surface area (Å²) in [5, 5.41) is 7.96. The first kappa shape index (κ1) is 22.7. The Labute approximate surface area is 204 Å². The third kappa shape index (κ3) is 5.22. The van der Waals surface area contributed by atoms with Gasteiger partial charge in [-0.15, -0.1) is 0 Å². The van der Waals surface area contributed by atoms with E-state index >= 15 is 0 Å². The first-order chi connectivity index (χ1) is 17.0. The smallest absolute Gasteiger partial charge is 0.340 e. The van der Waals surface area contributed by atoms with Crippen molar-refractivity contribution in [1.82, 2.24) is 14.6 Å². The van der Waals surface area contributed by atoms with Crippen LogP contribution in [0.25, 0.3) is 4.96 Å². The molecule has 0 aliphatic heterocycles. The highest BCUT2D eigenvalue weighted by Gasteiger charge is 2.28. The van der Waals surface area contributed by atoms with Gasteiger partial charge in [0.05, 0.1) is 16.9 Å². The number of benzene rings is 2. The van der Waals surface area contributed by atoms with Gasteiger partial charge in [0, 0.05) is 12.0 Å². The van der Waals surface area contributed by atoms with Crippen molar-refractivity contribution in [3.8, 4) is 5.75 Å². The molecule has 1 atom stereocenters. The standard InChI is InChI=1S/C25H22N4O5S/c1-15(34-18-7-3-2-4-8-18)22(31)27-20-10-6-5-9-19(20)24(32)33-14-17-13-21(30)29-25(26-17)35-23(28-29)16-11-12-16/h2-10,13,15-16H,11-12,14H2,1H3,(H,27,31)/t15-/m1/s1. The van der Waals surface area contributed by atoms with E-state index in [4.69, 9.17) is 9.47 Å². The largest absolute Gasteiger partial charge is 0.481 e. The predicted octanol–water partition coefficient (Wildman–Crippen LogP) is 3.79. The fraction of sp³-hybridized carbons (Fsp3) is 0.240. The van der Waals surface area contributed by atoms with Gasteiger partial charge < -0.3 is 14.8 Å². The van der Waals surface area contributed by atoms with Crippen molar-refractivity contribution < 1.29 is 19.1 Å². The van der Waals surface area contributed by atoms with Crippen LogP contribution in [0.15, 0.2) is 65.5 Å². The molecule has 9 nitrogen and oxygen atoms in total. The number of esters is 1. The van der Waals surface area contributed by atoms with Crippen molar-refractivity contribution in [2.45, 2.75) is 38.4 Å². The Balaban J connectivity index is 1.25. The molecule has 0 bridgehead atoms. The minimum absolute atomic E-state index is 0.180. The maximum absolute atomic E-state index is 12.8. The number of carbonyl (C=O) groups excluding carboxylic acids is 2. The van der Waals surface area contributed by atoms with Crippen molar-refractivity contribution in [2.75, 3.05) is 5.32 Å². The number of ether oxygens (including phenoxy) is 2. The van der Waals surface area contributed by atoms with Crippen LogP contribution >= 0.6 is 11.3 Å². The van der Waals surface area contributed by atoms with Gasteiger partial charge in [-0.3, -0.25) is 9.59 Å². The van der Waals surface area contributed by atoms with Crippen LogP contribution in [0.5, 0.6) is 5.75 Å². The quantitative estimate of drug-likeness (QED) is 0.374. The molecule has 1 saturated carbocycles. The molecule has 4 aromatic rings. The number of hydrogen-bond acceptors (Lipinski definition) is 8. The Hall–Kier alpha value is -4.05. The monoisotopic (exact) mass is 490 g/mol. The molecule has 1 amide bonds. The van der Waals surface area contributed by atoms with Gasteiger partial charge in [-0.2, -0.15) is 9.61 Å². The van der Waals surface area contributed by atoms with Crippen molar-refractivity contribution in [2.24, 2.45) is 0 Å². The number of hydrogen-bond donors (Lipinski definition) is 1.